The first-order chi connectivity index (χ1) is 6.16. The molecule has 13 heavy (non-hydrogen) atoms. The molecule has 3 nitrogen and oxygen atoms in total. The average Bonchev–Trinajstić information content (AvgIpc) is 2.61. The van der Waals surface area contributed by atoms with Gasteiger partial charge in [-0.05, 0) is 19.1 Å². The number of hydrogen-bond acceptors (Lipinski definition) is 3. The number of thiophene rings is 1. The fourth-order valence-corrected chi connectivity index (χ4v) is 2.11. The minimum absolute atomic E-state index is 0.0704. The van der Waals surface area contributed by atoms with Crippen LogP contribution in [0.25, 0.3) is 0 Å². The van der Waals surface area contributed by atoms with Crippen molar-refractivity contribution >= 4 is 23.0 Å². The third-order valence-corrected chi connectivity index (χ3v) is 3.02. The lowest BCUT2D eigenvalue weighted by Gasteiger charge is -1.98. The van der Waals surface area contributed by atoms with Crippen LogP contribution in [0, 0.1) is 6.92 Å². The first-order valence-corrected chi connectivity index (χ1v) is 4.89. The van der Waals surface area contributed by atoms with E-state index < -0.39 is 0 Å². The van der Waals surface area contributed by atoms with Crippen molar-refractivity contribution in [3.63, 3.8) is 0 Å². The lowest BCUT2D eigenvalue weighted by molar-refractivity contribution is -0.127. The van der Waals surface area contributed by atoms with Crippen LogP contribution in [0.2, 0.25) is 0 Å². The highest BCUT2D eigenvalue weighted by atomic mass is 32.1. The summed E-state index contributed by atoms with van der Waals surface area (Å²) >= 11 is 1.68. The first-order valence-electron chi connectivity index (χ1n) is 4.07. The van der Waals surface area contributed by atoms with E-state index in [0.29, 0.717) is 6.42 Å². The molecular weight excluding hydrogens is 184 g/mol. The summed E-state index contributed by atoms with van der Waals surface area (Å²) in [6.45, 7) is 2.05. The van der Waals surface area contributed by atoms with Gasteiger partial charge < -0.3 is 0 Å². The van der Waals surface area contributed by atoms with Crippen LogP contribution >= 0.6 is 11.3 Å². The fraction of sp³-hybridized carbons (Fsp3) is 0.333. The molecular formula is C9H10N2OS. The molecule has 0 bridgehead atoms. The van der Waals surface area contributed by atoms with Gasteiger partial charge in [-0.25, -0.2) is 5.01 Å². The molecule has 0 atom stereocenters. The van der Waals surface area contributed by atoms with Crippen molar-refractivity contribution in [1.82, 2.24) is 5.01 Å². The van der Waals surface area contributed by atoms with E-state index in [-0.39, 0.29) is 5.91 Å². The molecule has 0 saturated carbocycles. The van der Waals surface area contributed by atoms with E-state index in [4.69, 9.17) is 0 Å². The van der Waals surface area contributed by atoms with Gasteiger partial charge in [0.15, 0.2) is 0 Å². The summed E-state index contributed by atoms with van der Waals surface area (Å²) in [5, 5.41) is 5.57. The Morgan fingerprint density at radius 2 is 2.31 bits per heavy atom. The van der Waals surface area contributed by atoms with Crippen molar-refractivity contribution in [2.45, 2.75) is 13.3 Å². The van der Waals surface area contributed by atoms with E-state index in [1.807, 2.05) is 12.1 Å². The maximum absolute atomic E-state index is 11.2. The second-order valence-electron chi connectivity index (χ2n) is 3.05. The molecule has 0 aliphatic carbocycles. The predicted octanol–water partition coefficient (Wildman–Crippen LogP) is 1.62. The predicted molar refractivity (Wildman–Crippen MR) is 53.0 cm³/mol. The van der Waals surface area contributed by atoms with Crippen LogP contribution in [-0.2, 0) is 4.79 Å². The monoisotopic (exact) mass is 194 g/mol. The van der Waals surface area contributed by atoms with Crippen LogP contribution in [0.4, 0.5) is 0 Å². The molecule has 0 N–H and O–H groups in total. The molecule has 0 radical (unpaired) electrons. The molecule has 1 aliphatic heterocycles. The van der Waals surface area contributed by atoms with E-state index in [1.54, 1.807) is 18.4 Å². The van der Waals surface area contributed by atoms with Gasteiger partial charge in [-0.2, -0.15) is 5.10 Å². The van der Waals surface area contributed by atoms with Gasteiger partial charge in [0.1, 0.15) is 0 Å². The van der Waals surface area contributed by atoms with Gasteiger partial charge >= 0.3 is 0 Å². The standard InChI is InChI=1S/C9H10N2OS/c1-6-3-4-8(13-6)7-5-9(12)11(2)10-7/h3-4H,5H2,1-2H3. The summed E-state index contributed by atoms with van der Waals surface area (Å²) in [7, 11) is 1.69. The molecule has 68 valence electrons. The van der Waals surface area contributed by atoms with Gasteiger partial charge in [-0.3, -0.25) is 4.79 Å². The summed E-state index contributed by atoms with van der Waals surface area (Å²) in [5.41, 5.74) is 0.894. The van der Waals surface area contributed by atoms with Crippen LogP contribution in [-0.4, -0.2) is 23.7 Å². The van der Waals surface area contributed by atoms with Crippen LogP contribution in [0.5, 0.6) is 0 Å². The maximum Gasteiger partial charge on any atom is 0.248 e. The molecule has 1 aromatic rings. The van der Waals surface area contributed by atoms with Gasteiger partial charge in [0.05, 0.1) is 17.0 Å². The van der Waals surface area contributed by atoms with Crippen LogP contribution in [0.15, 0.2) is 17.2 Å². The summed E-state index contributed by atoms with van der Waals surface area (Å²) in [6, 6.07) is 4.07. The zero-order valence-corrected chi connectivity index (χ0v) is 8.39. The lowest BCUT2D eigenvalue weighted by atomic mass is 10.2. The molecule has 0 saturated heterocycles. The number of rotatable bonds is 1. The number of carbonyl (C=O) groups excluding carboxylic acids is 1. The van der Waals surface area contributed by atoms with Gasteiger partial charge in [-0.15, -0.1) is 11.3 Å². The third kappa shape index (κ3) is 1.49. The number of amides is 1. The first kappa shape index (κ1) is 8.44. The van der Waals surface area contributed by atoms with E-state index in [9.17, 15) is 4.79 Å². The number of nitrogens with zero attached hydrogens (tertiary/aromatic N) is 2. The van der Waals surface area contributed by atoms with Crippen molar-refractivity contribution in [2.24, 2.45) is 5.10 Å². The Hall–Kier alpha value is -1.16. The third-order valence-electron chi connectivity index (χ3n) is 1.98. The minimum atomic E-state index is 0.0704. The molecule has 4 heteroatoms. The molecule has 0 aromatic carbocycles. The highest BCUT2D eigenvalue weighted by Gasteiger charge is 2.22. The topological polar surface area (TPSA) is 32.7 Å². The molecule has 0 spiro atoms. The minimum Gasteiger partial charge on any atom is -0.273 e. The van der Waals surface area contributed by atoms with Gasteiger partial charge in [0.2, 0.25) is 5.91 Å². The number of hydrazone groups is 1. The fourth-order valence-electron chi connectivity index (χ4n) is 1.26. The van der Waals surface area contributed by atoms with Crippen LogP contribution in [0.1, 0.15) is 16.2 Å². The molecule has 1 aromatic heterocycles. The molecule has 0 unspecified atom stereocenters. The summed E-state index contributed by atoms with van der Waals surface area (Å²) in [6.07, 6.45) is 0.441. The zero-order chi connectivity index (χ0) is 9.42. The van der Waals surface area contributed by atoms with E-state index >= 15 is 0 Å². The van der Waals surface area contributed by atoms with Gasteiger partial charge in [0.25, 0.3) is 0 Å². The van der Waals surface area contributed by atoms with Crippen molar-refractivity contribution in [3.05, 3.63) is 21.9 Å². The zero-order valence-electron chi connectivity index (χ0n) is 7.57. The van der Waals surface area contributed by atoms with Crippen LogP contribution < -0.4 is 0 Å². The number of aryl methyl sites for hydroxylation is 1. The van der Waals surface area contributed by atoms with Gasteiger partial charge in [-0.1, -0.05) is 0 Å². The van der Waals surface area contributed by atoms with Crippen LogP contribution in [0.3, 0.4) is 0 Å². The smallest absolute Gasteiger partial charge is 0.248 e. The highest BCUT2D eigenvalue weighted by molar-refractivity contribution is 7.14. The second-order valence-corrected chi connectivity index (χ2v) is 4.34. The second kappa shape index (κ2) is 2.96. The Labute approximate surface area is 80.7 Å². The Kier molecular flexibility index (Phi) is 1.92. The van der Waals surface area contributed by atoms with Crippen molar-refractivity contribution in [3.8, 4) is 0 Å². The Morgan fingerprint density at radius 3 is 2.77 bits per heavy atom. The molecule has 2 rings (SSSR count). The van der Waals surface area contributed by atoms with Crippen molar-refractivity contribution < 1.29 is 4.79 Å². The highest BCUT2D eigenvalue weighted by Crippen LogP contribution is 2.20. The molecule has 0 fully saturated rings. The average molecular weight is 194 g/mol. The Balaban J connectivity index is 2.29. The number of carbonyl (C=O) groups is 1. The summed E-state index contributed by atoms with van der Waals surface area (Å²) < 4.78 is 0. The van der Waals surface area contributed by atoms with Crippen molar-refractivity contribution in [1.29, 1.82) is 0 Å². The molecule has 2 heterocycles. The number of hydrogen-bond donors (Lipinski definition) is 0. The molecule has 1 amide bonds. The van der Waals surface area contributed by atoms with E-state index in [0.717, 1.165) is 10.6 Å². The largest absolute Gasteiger partial charge is 0.273 e. The van der Waals surface area contributed by atoms with Crippen molar-refractivity contribution in [2.75, 3.05) is 7.05 Å². The summed E-state index contributed by atoms with van der Waals surface area (Å²) in [4.78, 5) is 13.5. The lowest BCUT2D eigenvalue weighted by Crippen LogP contribution is -2.13. The Bertz CT molecular complexity index is 381. The molecule has 1 aliphatic rings. The SMILES string of the molecule is Cc1ccc(C2=NN(C)C(=O)C2)s1. The Morgan fingerprint density at radius 1 is 1.54 bits per heavy atom. The maximum atomic E-state index is 11.2. The van der Waals surface area contributed by atoms with Gasteiger partial charge in [0, 0.05) is 11.9 Å². The van der Waals surface area contributed by atoms with E-state index in [2.05, 4.69) is 12.0 Å². The normalized spacial score (nSPS) is 16.6. The van der Waals surface area contributed by atoms with E-state index in [1.165, 1.54) is 9.89 Å². The summed E-state index contributed by atoms with van der Waals surface area (Å²) in [5.74, 6) is 0.0704. The quantitative estimate of drug-likeness (QED) is 0.668.